The summed E-state index contributed by atoms with van der Waals surface area (Å²) < 4.78 is 1.65. The maximum absolute atomic E-state index is 12.8. The molecular weight excluding hydrogens is 264 g/mol. The number of carbonyl (C=O) groups is 1. The van der Waals surface area contributed by atoms with E-state index in [0.29, 0.717) is 12.4 Å². The molecule has 0 atom stereocenters. The van der Waals surface area contributed by atoms with Gasteiger partial charge in [-0.1, -0.05) is 0 Å². The van der Waals surface area contributed by atoms with Gasteiger partial charge in [0.2, 0.25) is 5.91 Å². The van der Waals surface area contributed by atoms with Crippen LogP contribution in [0, 0.1) is 23.2 Å². The number of nitrogen functional groups attached to an aromatic ring is 1. The van der Waals surface area contributed by atoms with Crippen molar-refractivity contribution in [2.75, 3.05) is 5.73 Å². The quantitative estimate of drug-likeness (QED) is 0.891. The van der Waals surface area contributed by atoms with Gasteiger partial charge >= 0.3 is 0 Å². The highest BCUT2D eigenvalue weighted by molar-refractivity contribution is 5.83. The van der Waals surface area contributed by atoms with Crippen molar-refractivity contribution in [2.24, 2.45) is 30.2 Å². The summed E-state index contributed by atoms with van der Waals surface area (Å²) in [6.07, 6.45) is 9.15. The van der Waals surface area contributed by atoms with Gasteiger partial charge in [0, 0.05) is 24.6 Å². The zero-order valence-corrected chi connectivity index (χ0v) is 12.6. The van der Waals surface area contributed by atoms with Crippen LogP contribution in [0.3, 0.4) is 0 Å². The van der Waals surface area contributed by atoms with E-state index < -0.39 is 0 Å². The summed E-state index contributed by atoms with van der Waals surface area (Å²) in [5, 5.41) is 7.26. The number of hydrogen-bond donors (Lipinski definition) is 2. The third-order valence-electron chi connectivity index (χ3n) is 6.02. The minimum Gasteiger partial charge on any atom is -0.384 e. The Morgan fingerprint density at radius 3 is 2.38 bits per heavy atom. The minimum atomic E-state index is -0.0777. The van der Waals surface area contributed by atoms with E-state index in [1.165, 1.54) is 19.3 Å². The molecule has 1 amide bonds. The SMILES string of the molecule is Cn1ncc(CNC(=O)C23CC4CC(CC(C4)C2)C3)c1N. The molecule has 4 bridgehead atoms. The Bertz CT molecular complexity index is 542. The first-order valence-electron chi connectivity index (χ1n) is 8.10. The number of amides is 1. The summed E-state index contributed by atoms with van der Waals surface area (Å²) in [5.74, 6) is 3.28. The highest BCUT2D eigenvalue weighted by Crippen LogP contribution is 2.60. The van der Waals surface area contributed by atoms with Crippen molar-refractivity contribution >= 4 is 11.7 Å². The van der Waals surface area contributed by atoms with Crippen molar-refractivity contribution in [2.45, 2.75) is 45.1 Å². The van der Waals surface area contributed by atoms with Gasteiger partial charge in [0.05, 0.1) is 6.20 Å². The van der Waals surface area contributed by atoms with Crippen LogP contribution >= 0.6 is 0 Å². The molecule has 4 saturated carbocycles. The lowest BCUT2D eigenvalue weighted by Crippen LogP contribution is -2.53. The van der Waals surface area contributed by atoms with E-state index >= 15 is 0 Å². The van der Waals surface area contributed by atoms with Crippen molar-refractivity contribution in [3.8, 4) is 0 Å². The number of hydrogen-bond acceptors (Lipinski definition) is 3. The second-order valence-corrected chi connectivity index (χ2v) is 7.56. The largest absolute Gasteiger partial charge is 0.384 e. The molecule has 5 heteroatoms. The van der Waals surface area contributed by atoms with Crippen LogP contribution in [0.25, 0.3) is 0 Å². The molecule has 0 radical (unpaired) electrons. The molecule has 1 aromatic rings. The van der Waals surface area contributed by atoms with Crippen LogP contribution in [0.5, 0.6) is 0 Å². The van der Waals surface area contributed by atoms with Gasteiger partial charge in [-0.25, -0.2) is 0 Å². The van der Waals surface area contributed by atoms with E-state index in [1.54, 1.807) is 10.9 Å². The molecule has 0 aromatic carbocycles. The average Bonchev–Trinajstić information content (AvgIpc) is 2.75. The van der Waals surface area contributed by atoms with E-state index in [4.69, 9.17) is 5.73 Å². The van der Waals surface area contributed by atoms with Crippen LogP contribution in [0.4, 0.5) is 5.82 Å². The summed E-state index contributed by atoms with van der Waals surface area (Å²) in [6, 6.07) is 0. The number of carbonyl (C=O) groups excluding carboxylic acids is 1. The zero-order valence-electron chi connectivity index (χ0n) is 12.6. The molecule has 0 saturated heterocycles. The number of nitrogens with zero attached hydrogens (tertiary/aromatic N) is 2. The van der Waals surface area contributed by atoms with Gasteiger partial charge in [-0.2, -0.15) is 5.10 Å². The van der Waals surface area contributed by atoms with Crippen molar-refractivity contribution < 1.29 is 4.79 Å². The molecule has 0 spiro atoms. The molecule has 0 unspecified atom stereocenters. The van der Waals surface area contributed by atoms with Gasteiger partial charge in [0.25, 0.3) is 0 Å². The Balaban J connectivity index is 1.46. The van der Waals surface area contributed by atoms with E-state index in [0.717, 1.165) is 42.6 Å². The van der Waals surface area contributed by atoms with Crippen molar-refractivity contribution in [3.63, 3.8) is 0 Å². The Kier molecular flexibility index (Phi) is 2.81. The van der Waals surface area contributed by atoms with Gasteiger partial charge in [0.1, 0.15) is 5.82 Å². The monoisotopic (exact) mass is 288 g/mol. The molecule has 4 aliphatic carbocycles. The Hall–Kier alpha value is -1.52. The Labute approximate surface area is 125 Å². The molecule has 1 aromatic heterocycles. The van der Waals surface area contributed by atoms with Crippen LogP contribution < -0.4 is 11.1 Å². The summed E-state index contributed by atoms with van der Waals surface area (Å²) in [4.78, 5) is 12.8. The van der Waals surface area contributed by atoms with Gasteiger partial charge in [-0.15, -0.1) is 0 Å². The second-order valence-electron chi connectivity index (χ2n) is 7.56. The van der Waals surface area contributed by atoms with E-state index in [9.17, 15) is 4.79 Å². The molecule has 4 aliphatic rings. The highest BCUT2D eigenvalue weighted by atomic mass is 16.2. The fraction of sp³-hybridized carbons (Fsp3) is 0.750. The molecule has 21 heavy (non-hydrogen) atoms. The molecule has 4 fully saturated rings. The molecule has 114 valence electrons. The van der Waals surface area contributed by atoms with Crippen LogP contribution in [0.15, 0.2) is 6.20 Å². The Morgan fingerprint density at radius 2 is 1.90 bits per heavy atom. The maximum Gasteiger partial charge on any atom is 0.226 e. The lowest BCUT2D eigenvalue weighted by molar-refractivity contribution is -0.146. The van der Waals surface area contributed by atoms with Gasteiger partial charge in [-0.05, 0) is 56.3 Å². The van der Waals surface area contributed by atoms with E-state index in [-0.39, 0.29) is 11.3 Å². The second kappa shape index (κ2) is 4.49. The molecule has 0 aliphatic heterocycles. The van der Waals surface area contributed by atoms with Crippen molar-refractivity contribution in [3.05, 3.63) is 11.8 Å². The Morgan fingerprint density at radius 1 is 1.33 bits per heavy atom. The third kappa shape index (κ3) is 2.05. The smallest absolute Gasteiger partial charge is 0.226 e. The third-order valence-corrected chi connectivity index (χ3v) is 6.02. The van der Waals surface area contributed by atoms with E-state index in [1.807, 2.05) is 7.05 Å². The van der Waals surface area contributed by atoms with Crippen LogP contribution in [-0.2, 0) is 18.4 Å². The van der Waals surface area contributed by atoms with E-state index in [2.05, 4.69) is 10.4 Å². The standard InChI is InChI=1S/C16H24N4O/c1-20-14(17)13(9-19-20)8-18-15(21)16-5-10-2-11(6-16)4-12(3-10)7-16/h9-12H,2-8,17H2,1H3,(H,18,21). The minimum absolute atomic E-state index is 0.0777. The first-order chi connectivity index (χ1) is 10.1. The van der Waals surface area contributed by atoms with Crippen LogP contribution in [0.1, 0.15) is 44.1 Å². The molecule has 5 rings (SSSR count). The normalized spacial score (nSPS) is 36.9. The summed E-state index contributed by atoms with van der Waals surface area (Å²) in [5.41, 5.74) is 6.78. The van der Waals surface area contributed by atoms with Gasteiger partial charge < -0.3 is 11.1 Å². The number of rotatable bonds is 3. The summed E-state index contributed by atoms with van der Waals surface area (Å²) in [7, 11) is 1.82. The number of aryl methyl sites for hydroxylation is 1. The average molecular weight is 288 g/mol. The fourth-order valence-corrected chi connectivity index (χ4v) is 5.38. The highest BCUT2D eigenvalue weighted by Gasteiger charge is 2.54. The molecule has 1 heterocycles. The first kappa shape index (κ1) is 13.2. The van der Waals surface area contributed by atoms with Crippen molar-refractivity contribution in [1.82, 2.24) is 15.1 Å². The zero-order chi connectivity index (χ0) is 14.6. The molecule has 3 N–H and O–H groups in total. The molecule has 5 nitrogen and oxygen atoms in total. The predicted molar refractivity (Wildman–Crippen MR) is 80.1 cm³/mol. The maximum atomic E-state index is 12.8. The molecular formula is C16H24N4O. The van der Waals surface area contributed by atoms with Crippen molar-refractivity contribution in [1.29, 1.82) is 0 Å². The lowest BCUT2D eigenvalue weighted by atomic mass is 9.49. The number of anilines is 1. The van der Waals surface area contributed by atoms with Gasteiger partial charge in [-0.3, -0.25) is 9.48 Å². The van der Waals surface area contributed by atoms with Gasteiger partial charge in [0.15, 0.2) is 0 Å². The van der Waals surface area contributed by atoms with Crippen LogP contribution in [-0.4, -0.2) is 15.7 Å². The van der Waals surface area contributed by atoms with Crippen LogP contribution in [0.2, 0.25) is 0 Å². The number of nitrogens with one attached hydrogen (secondary N) is 1. The topological polar surface area (TPSA) is 72.9 Å². The number of aromatic nitrogens is 2. The predicted octanol–water partition coefficient (Wildman–Crippen LogP) is 1.83. The lowest BCUT2D eigenvalue weighted by Gasteiger charge is -2.55. The fourth-order valence-electron chi connectivity index (χ4n) is 5.38. The first-order valence-corrected chi connectivity index (χ1v) is 8.10. The summed E-state index contributed by atoms with van der Waals surface area (Å²) >= 11 is 0. The summed E-state index contributed by atoms with van der Waals surface area (Å²) in [6.45, 7) is 0.500. The number of nitrogens with two attached hydrogens (primary N) is 1.